The van der Waals surface area contributed by atoms with E-state index in [1.54, 1.807) is 0 Å². The van der Waals surface area contributed by atoms with Gasteiger partial charge in [-0.1, -0.05) is 90.4 Å². The number of aliphatic carboxylic acids is 3. The van der Waals surface area contributed by atoms with Crippen LogP contribution in [0, 0.1) is 0 Å². The lowest BCUT2D eigenvalue weighted by atomic mass is 9.83. The highest BCUT2D eigenvalue weighted by molar-refractivity contribution is 5.77. The number of carboxylic acids is 3. The average Bonchev–Trinajstić information content (AvgIpc) is 2.80. The lowest BCUT2D eigenvalue weighted by Crippen LogP contribution is -2.49. The van der Waals surface area contributed by atoms with Crippen molar-refractivity contribution in [3.63, 3.8) is 0 Å². The van der Waals surface area contributed by atoms with Crippen LogP contribution in [0.4, 0.5) is 0 Å². The van der Waals surface area contributed by atoms with Gasteiger partial charge in [0.2, 0.25) is 5.91 Å². The molecule has 0 saturated heterocycles. The Labute approximate surface area is 211 Å². The Morgan fingerprint density at radius 1 is 0.514 bits per heavy atom. The van der Waals surface area contributed by atoms with Gasteiger partial charge >= 0.3 is 17.9 Å². The molecule has 0 heterocycles. The molecule has 204 valence electrons. The van der Waals surface area contributed by atoms with E-state index in [0.29, 0.717) is 6.42 Å². The van der Waals surface area contributed by atoms with Gasteiger partial charge < -0.3 is 20.6 Å². The Morgan fingerprint density at radius 2 is 0.829 bits per heavy atom. The van der Waals surface area contributed by atoms with Crippen molar-refractivity contribution in [2.45, 2.75) is 147 Å². The molecule has 4 N–H and O–H groups in total. The zero-order valence-electron chi connectivity index (χ0n) is 21.8. The van der Waals surface area contributed by atoms with Gasteiger partial charge in [0.25, 0.3) is 0 Å². The first-order valence-electron chi connectivity index (χ1n) is 13.7. The number of carboxylic acid groups (broad SMARTS) is 3. The standard InChI is InChI=1S/C27H49NO7/c1-2-3-4-5-6-7-8-9-10-11-12-13-14-15-16-23(29)28-27(20-17-24(30)31,21-18-25(32)33)22-19-26(34)35/h2-22H2,1H3,(H,28,29)(H,30,31)(H,32,33)(H,34,35). The summed E-state index contributed by atoms with van der Waals surface area (Å²) in [6.45, 7) is 2.24. The first kappa shape index (κ1) is 32.9. The monoisotopic (exact) mass is 499 g/mol. The smallest absolute Gasteiger partial charge is 0.303 e. The summed E-state index contributed by atoms with van der Waals surface area (Å²) in [7, 11) is 0. The van der Waals surface area contributed by atoms with Crippen molar-refractivity contribution in [3.8, 4) is 0 Å². The fraction of sp³-hybridized carbons (Fsp3) is 0.852. The Hall–Kier alpha value is -2.12. The van der Waals surface area contributed by atoms with Crippen LogP contribution in [0.3, 0.4) is 0 Å². The quantitative estimate of drug-likeness (QED) is 0.108. The predicted molar refractivity (Wildman–Crippen MR) is 136 cm³/mol. The fourth-order valence-corrected chi connectivity index (χ4v) is 4.44. The van der Waals surface area contributed by atoms with Gasteiger partial charge in [-0.25, -0.2) is 0 Å². The third-order valence-corrected chi connectivity index (χ3v) is 6.61. The minimum atomic E-state index is -1.14. The van der Waals surface area contributed by atoms with Gasteiger partial charge in [0.05, 0.1) is 0 Å². The van der Waals surface area contributed by atoms with E-state index in [0.717, 1.165) is 19.3 Å². The summed E-state index contributed by atoms with van der Waals surface area (Å²) in [6, 6.07) is 0. The molecule has 1 amide bonds. The van der Waals surface area contributed by atoms with Crippen molar-refractivity contribution in [2.75, 3.05) is 0 Å². The van der Waals surface area contributed by atoms with E-state index in [9.17, 15) is 19.2 Å². The summed E-state index contributed by atoms with van der Waals surface area (Å²) in [5.41, 5.74) is -1.14. The van der Waals surface area contributed by atoms with Crippen LogP contribution in [0.2, 0.25) is 0 Å². The van der Waals surface area contributed by atoms with E-state index in [2.05, 4.69) is 12.2 Å². The molecular formula is C27H49NO7. The maximum absolute atomic E-state index is 12.6. The summed E-state index contributed by atoms with van der Waals surface area (Å²) in [6.07, 6.45) is 16.5. The number of carbonyl (C=O) groups excluding carboxylic acids is 1. The molecule has 0 aliphatic rings. The molecular weight excluding hydrogens is 450 g/mol. The Kier molecular flexibility index (Phi) is 19.9. The lowest BCUT2D eigenvalue weighted by Gasteiger charge is -2.34. The van der Waals surface area contributed by atoms with Crippen molar-refractivity contribution in [1.82, 2.24) is 5.32 Å². The molecule has 0 radical (unpaired) electrons. The molecule has 8 heteroatoms. The molecule has 8 nitrogen and oxygen atoms in total. The van der Waals surface area contributed by atoms with Gasteiger partial charge in [0.15, 0.2) is 0 Å². The third kappa shape index (κ3) is 20.9. The van der Waals surface area contributed by atoms with E-state index < -0.39 is 23.4 Å². The average molecular weight is 500 g/mol. The van der Waals surface area contributed by atoms with Crippen LogP contribution in [0.15, 0.2) is 0 Å². The van der Waals surface area contributed by atoms with Gasteiger partial charge in [-0.2, -0.15) is 0 Å². The molecule has 35 heavy (non-hydrogen) atoms. The number of hydrogen-bond acceptors (Lipinski definition) is 4. The van der Waals surface area contributed by atoms with Crippen molar-refractivity contribution in [2.24, 2.45) is 0 Å². The summed E-state index contributed by atoms with van der Waals surface area (Å²) in [4.78, 5) is 45.8. The summed E-state index contributed by atoms with van der Waals surface area (Å²) in [5.74, 6) is -3.48. The van der Waals surface area contributed by atoms with Crippen molar-refractivity contribution in [3.05, 3.63) is 0 Å². The summed E-state index contributed by atoms with van der Waals surface area (Å²) in [5, 5.41) is 30.0. The number of amides is 1. The van der Waals surface area contributed by atoms with Crippen LogP contribution < -0.4 is 5.32 Å². The normalized spacial score (nSPS) is 11.3. The second-order valence-corrected chi connectivity index (χ2v) is 9.86. The summed E-state index contributed by atoms with van der Waals surface area (Å²) >= 11 is 0. The molecule has 0 unspecified atom stereocenters. The van der Waals surface area contributed by atoms with Crippen molar-refractivity contribution >= 4 is 23.8 Å². The lowest BCUT2D eigenvalue weighted by molar-refractivity contribution is -0.139. The minimum Gasteiger partial charge on any atom is -0.481 e. The third-order valence-electron chi connectivity index (χ3n) is 6.61. The second-order valence-electron chi connectivity index (χ2n) is 9.86. The zero-order chi connectivity index (χ0) is 26.4. The molecule has 0 aromatic carbocycles. The first-order chi connectivity index (χ1) is 16.7. The molecule has 0 aliphatic carbocycles. The van der Waals surface area contributed by atoms with Gasteiger partial charge in [0.1, 0.15) is 0 Å². The van der Waals surface area contributed by atoms with Gasteiger partial charge in [-0.3, -0.25) is 19.2 Å². The highest BCUT2D eigenvalue weighted by Gasteiger charge is 2.33. The highest BCUT2D eigenvalue weighted by atomic mass is 16.4. The Bertz CT molecular complexity index is 561. The number of rotatable bonds is 25. The molecule has 0 aliphatic heterocycles. The van der Waals surface area contributed by atoms with E-state index >= 15 is 0 Å². The molecule has 0 fully saturated rings. The molecule has 0 spiro atoms. The van der Waals surface area contributed by atoms with E-state index in [1.165, 1.54) is 64.2 Å². The van der Waals surface area contributed by atoms with Gasteiger partial charge in [-0.05, 0) is 25.7 Å². The molecule has 0 aromatic rings. The molecule has 0 saturated carbocycles. The number of hydrogen-bond donors (Lipinski definition) is 4. The molecule has 0 atom stereocenters. The summed E-state index contributed by atoms with van der Waals surface area (Å²) < 4.78 is 0. The maximum Gasteiger partial charge on any atom is 0.303 e. The van der Waals surface area contributed by atoms with Crippen molar-refractivity contribution < 1.29 is 34.5 Å². The number of carbonyl (C=O) groups is 4. The Morgan fingerprint density at radius 3 is 1.14 bits per heavy atom. The zero-order valence-corrected chi connectivity index (χ0v) is 21.8. The second kappa shape index (κ2) is 21.2. The first-order valence-corrected chi connectivity index (χ1v) is 13.7. The van der Waals surface area contributed by atoms with Crippen LogP contribution in [0.1, 0.15) is 142 Å². The fourth-order valence-electron chi connectivity index (χ4n) is 4.44. The largest absolute Gasteiger partial charge is 0.481 e. The highest BCUT2D eigenvalue weighted by Crippen LogP contribution is 2.26. The number of unbranched alkanes of at least 4 members (excludes halogenated alkanes) is 13. The number of nitrogens with one attached hydrogen (secondary N) is 1. The van der Waals surface area contributed by atoms with Crippen LogP contribution in [0.5, 0.6) is 0 Å². The minimum absolute atomic E-state index is 0.00731. The van der Waals surface area contributed by atoms with E-state index in [4.69, 9.17) is 15.3 Å². The maximum atomic E-state index is 12.6. The predicted octanol–water partition coefficient (Wildman–Crippen LogP) is 6.31. The van der Waals surface area contributed by atoms with E-state index in [-0.39, 0.29) is 50.9 Å². The van der Waals surface area contributed by atoms with Crippen LogP contribution in [0.25, 0.3) is 0 Å². The van der Waals surface area contributed by atoms with Crippen LogP contribution >= 0.6 is 0 Å². The van der Waals surface area contributed by atoms with Gasteiger partial charge in [-0.15, -0.1) is 0 Å². The van der Waals surface area contributed by atoms with Gasteiger partial charge in [0, 0.05) is 31.2 Å². The van der Waals surface area contributed by atoms with Crippen LogP contribution in [-0.4, -0.2) is 44.7 Å². The van der Waals surface area contributed by atoms with Crippen LogP contribution in [-0.2, 0) is 19.2 Å². The topological polar surface area (TPSA) is 141 Å². The SMILES string of the molecule is CCCCCCCCCCCCCCCCC(=O)NC(CCC(=O)O)(CCC(=O)O)CCC(=O)O. The molecule has 0 rings (SSSR count). The molecule has 0 bridgehead atoms. The Balaban J connectivity index is 4.23. The van der Waals surface area contributed by atoms with E-state index in [1.807, 2.05) is 0 Å². The van der Waals surface area contributed by atoms with Crippen molar-refractivity contribution in [1.29, 1.82) is 0 Å². The molecule has 0 aromatic heterocycles.